The van der Waals surface area contributed by atoms with Gasteiger partial charge in [-0.05, 0) is 24.8 Å². The molecule has 2 unspecified atom stereocenters. The highest BCUT2D eigenvalue weighted by molar-refractivity contribution is 7.13. The third-order valence-electron chi connectivity index (χ3n) is 4.38. The molecule has 8 heteroatoms. The first kappa shape index (κ1) is 17.6. The van der Waals surface area contributed by atoms with Crippen molar-refractivity contribution in [2.75, 3.05) is 13.7 Å². The third kappa shape index (κ3) is 3.91. The molecule has 1 N–H and O–H groups in total. The van der Waals surface area contributed by atoms with Gasteiger partial charge in [0.25, 0.3) is 0 Å². The van der Waals surface area contributed by atoms with E-state index in [4.69, 9.17) is 14.3 Å². The number of hydrogen-bond donors (Lipinski definition) is 1. The van der Waals surface area contributed by atoms with Crippen LogP contribution in [-0.2, 0) is 20.7 Å². The highest BCUT2D eigenvalue weighted by Gasteiger charge is 2.36. The van der Waals surface area contributed by atoms with E-state index in [9.17, 15) is 9.59 Å². The topological polar surface area (TPSA) is 92.9 Å². The Morgan fingerprint density at radius 3 is 2.96 bits per heavy atom. The summed E-state index contributed by atoms with van der Waals surface area (Å²) in [6.45, 7) is 2.19. The molecule has 134 valence electrons. The summed E-state index contributed by atoms with van der Waals surface area (Å²) < 4.78 is 11.0. The Labute approximate surface area is 149 Å². The molecule has 7 nitrogen and oxygen atoms in total. The molecule has 2 aromatic rings. The number of carbonyl (C=O) groups excluding carboxylic acids is 1. The Hall–Kier alpha value is -2.19. The number of oxazole rings is 1. The smallest absolute Gasteiger partial charge is 0.305 e. The molecule has 1 aliphatic heterocycles. The van der Waals surface area contributed by atoms with E-state index in [1.807, 2.05) is 17.5 Å². The molecule has 2 atom stereocenters. The van der Waals surface area contributed by atoms with Crippen LogP contribution in [0.1, 0.15) is 24.3 Å². The number of carbonyl (C=O) groups is 2. The minimum atomic E-state index is -0.919. The second-order valence-electron chi connectivity index (χ2n) is 6.07. The van der Waals surface area contributed by atoms with Crippen molar-refractivity contribution in [3.63, 3.8) is 0 Å². The van der Waals surface area contributed by atoms with E-state index in [0.29, 0.717) is 30.3 Å². The minimum Gasteiger partial charge on any atom is -0.481 e. The number of aromatic nitrogens is 1. The number of thiophene rings is 1. The van der Waals surface area contributed by atoms with Gasteiger partial charge in [-0.25, -0.2) is 4.98 Å². The Balaban J connectivity index is 1.73. The molecule has 0 spiro atoms. The van der Waals surface area contributed by atoms with E-state index >= 15 is 0 Å². The molecule has 0 radical (unpaired) electrons. The standard InChI is InChI=1S/C17H20N2O5S/c1-10-13(18-17(24-10)14-4-3-5-25-14)8-15(20)19-9-12(23-2)6-11(19)7-16(21)22/h3-5,11-12H,6-9H2,1-2H3,(H,21,22). The average Bonchev–Trinajstić information content (AvgIpc) is 3.27. The lowest BCUT2D eigenvalue weighted by Crippen LogP contribution is -2.38. The van der Waals surface area contributed by atoms with Crippen LogP contribution in [0.4, 0.5) is 0 Å². The average molecular weight is 364 g/mol. The van der Waals surface area contributed by atoms with Crippen molar-refractivity contribution in [2.45, 2.75) is 38.3 Å². The highest BCUT2D eigenvalue weighted by Crippen LogP contribution is 2.27. The van der Waals surface area contributed by atoms with Gasteiger partial charge in [-0.1, -0.05) is 6.07 Å². The monoisotopic (exact) mass is 364 g/mol. The summed E-state index contributed by atoms with van der Waals surface area (Å²) in [4.78, 5) is 30.7. The lowest BCUT2D eigenvalue weighted by molar-refractivity contribution is -0.139. The first-order valence-electron chi connectivity index (χ1n) is 8.02. The lowest BCUT2D eigenvalue weighted by Gasteiger charge is -2.22. The van der Waals surface area contributed by atoms with Crippen molar-refractivity contribution >= 4 is 23.2 Å². The first-order chi connectivity index (χ1) is 12.0. The predicted octanol–water partition coefficient (Wildman–Crippen LogP) is 2.34. The summed E-state index contributed by atoms with van der Waals surface area (Å²) in [6.07, 6.45) is 0.414. The number of rotatable bonds is 6. The molecule has 25 heavy (non-hydrogen) atoms. The predicted molar refractivity (Wildman–Crippen MR) is 91.4 cm³/mol. The van der Waals surface area contributed by atoms with Crippen LogP contribution in [0.5, 0.6) is 0 Å². The molecule has 1 amide bonds. The first-order valence-corrected chi connectivity index (χ1v) is 8.90. The highest BCUT2D eigenvalue weighted by atomic mass is 32.1. The maximum absolute atomic E-state index is 12.7. The minimum absolute atomic E-state index is 0.0795. The third-order valence-corrected chi connectivity index (χ3v) is 5.24. The van der Waals surface area contributed by atoms with Crippen LogP contribution >= 0.6 is 11.3 Å². The molecule has 0 aromatic carbocycles. The number of hydrogen-bond acceptors (Lipinski definition) is 6. The van der Waals surface area contributed by atoms with Crippen LogP contribution in [0.2, 0.25) is 0 Å². The summed E-state index contributed by atoms with van der Waals surface area (Å²) in [5.74, 6) is 0.0414. The second-order valence-corrected chi connectivity index (χ2v) is 7.01. The summed E-state index contributed by atoms with van der Waals surface area (Å²) in [5.41, 5.74) is 0.586. The molecule has 1 fully saturated rings. The zero-order chi connectivity index (χ0) is 18.0. The van der Waals surface area contributed by atoms with Gasteiger partial charge in [-0.15, -0.1) is 11.3 Å². The number of carboxylic acids is 1. The molecule has 3 heterocycles. The van der Waals surface area contributed by atoms with Gasteiger partial charge in [0.05, 0.1) is 29.5 Å². The number of likely N-dealkylation sites (tertiary alicyclic amines) is 1. The van der Waals surface area contributed by atoms with Crippen LogP contribution in [-0.4, -0.2) is 52.7 Å². The maximum Gasteiger partial charge on any atom is 0.305 e. The lowest BCUT2D eigenvalue weighted by atomic mass is 10.1. The Kier molecular flexibility index (Phi) is 5.19. The van der Waals surface area contributed by atoms with Crippen LogP contribution in [0.3, 0.4) is 0 Å². The van der Waals surface area contributed by atoms with Crippen LogP contribution in [0.25, 0.3) is 10.8 Å². The SMILES string of the molecule is COC1CC(CC(=O)O)N(C(=O)Cc2nc(-c3cccs3)oc2C)C1. The van der Waals surface area contributed by atoms with Gasteiger partial charge in [-0.3, -0.25) is 9.59 Å². The van der Waals surface area contributed by atoms with E-state index in [2.05, 4.69) is 4.98 Å². The molecular formula is C17H20N2O5S. The number of aliphatic carboxylic acids is 1. The van der Waals surface area contributed by atoms with Gasteiger partial charge in [-0.2, -0.15) is 0 Å². The molecular weight excluding hydrogens is 344 g/mol. The van der Waals surface area contributed by atoms with Crippen LogP contribution in [0.15, 0.2) is 21.9 Å². The van der Waals surface area contributed by atoms with Gasteiger partial charge in [0, 0.05) is 19.7 Å². The van der Waals surface area contributed by atoms with E-state index in [1.54, 1.807) is 18.9 Å². The quantitative estimate of drug-likeness (QED) is 0.846. The number of aryl methyl sites for hydroxylation is 1. The van der Waals surface area contributed by atoms with Gasteiger partial charge < -0.3 is 19.2 Å². The summed E-state index contributed by atoms with van der Waals surface area (Å²) in [6, 6.07) is 3.48. The molecule has 1 aliphatic rings. The summed E-state index contributed by atoms with van der Waals surface area (Å²) in [5, 5.41) is 11.0. The van der Waals surface area contributed by atoms with Crippen molar-refractivity contribution < 1.29 is 23.8 Å². The zero-order valence-electron chi connectivity index (χ0n) is 14.1. The van der Waals surface area contributed by atoms with Crippen molar-refractivity contribution in [1.82, 2.24) is 9.88 Å². The van der Waals surface area contributed by atoms with Crippen LogP contribution < -0.4 is 0 Å². The number of nitrogens with zero attached hydrogens (tertiary/aromatic N) is 2. The van der Waals surface area contributed by atoms with Crippen molar-refractivity contribution in [3.05, 3.63) is 29.0 Å². The van der Waals surface area contributed by atoms with Gasteiger partial charge >= 0.3 is 5.97 Å². The number of amides is 1. The Morgan fingerprint density at radius 1 is 1.52 bits per heavy atom. The van der Waals surface area contributed by atoms with E-state index in [-0.39, 0.29) is 30.9 Å². The fourth-order valence-electron chi connectivity index (χ4n) is 3.09. The van der Waals surface area contributed by atoms with E-state index in [1.165, 1.54) is 11.3 Å². The second kappa shape index (κ2) is 7.37. The fraction of sp³-hybridized carbons (Fsp3) is 0.471. The maximum atomic E-state index is 12.7. The van der Waals surface area contributed by atoms with Crippen molar-refractivity contribution in [3.8, 4) is 10.8 Å². The van der Waals surface area contributed by atoms with E-state index < -0.39 is 5.97 Å². The van der Waals surface area contributed by atoms with Gasteiger partial charge in [0.2, 0.25) is 11.8 Å². The number of ether oxygens (including phenoxy) is 1. The summed E-state index contributed by atoms with van der Waals surface area (Å²) >= 11 is 1.52. The summed E-state index contributed by atoms with van der Waals surface area (Å²) in [7, 11) is 1.57. The molecule has 1 saturated heterocycles. The molecule has 2 aromatic heterocycles. The zero-order valence-corrected chi connectivity index (χ0v) is 14.9. The largest absolute Gasteiger partial charge is 0.481 e. The van der Waals surface area contributed by atoms with Gasteiger partial charge in [0.15, 0.2) is 0 Å². The van der Waals surface area contributed by atoms with E-state index in [0.717, 1.165) is 4.88 Å². The molecule has 3 rings (SSSR count). The Bertz CT molecular complexity index is 755. The number of methoxy groups -OCH3 is 1. The van der Waals surface area contributed by atoms with Crippen LogP contribution in [0, 0.1) is 6.92 Å². The molecule has 0 aliphatic carbocycles. The van der Waals surface area contributed by atoms with Crippen molar-refractivity contribution in [1.29, 1.82) is 0 Å². The molecule has 0 bridgehead atoms. The number of carboxylic acid groups (broad SMARTS) is 1. The fourth-order valence-corrected chi connectivity index (χ4v) is 3.74. The van der Waals surface area contributed by atoms with Gasteiger partial charge in [0.1, 0.15) is 5.76 Å². The molecule has 0 saturated carbocycles. The van der Waals surface area contributed by atoms with Crippen molar-refractivity contribution in [2.24, 2.45) is 0 Å². The normalized spacial score (nSPS) is 20.2. The Morgan fingerprint density at radius 2 is 2.32 bits per heavy atom.